The van der Waals surface area contributed by atoms with Gasteiger partial charge in [0.05, 0.1) is 0 Å². The van der Waals surface area contributed by atoms with Gasteiger partial charge in [-0.05, 0) is 11.8 Å². The van der Waals surface area contributed by atoms with Crippen molar-refractivity contribution in [3.63, 3.8) is 0 Å². The Bertz CT molecular complexity index is 148. The molecule has 0 aromatic heterocycles. The summed E-state index contributed by atoms with van der Waals surface area (Å²) >= 11 is 0. The van der Waals surface area contributed by atoms with Crippen LogP contribution in [0, 0.1) is 11.8 Å². The Kier molecular flexibility index (Phi) is 4.78. The number of carbonyl (C=O) groups excluding carboxylic acids is 1. The monoisotopic (exact) mass is 179 g/mol. The van der Waals surface area contributed by atoms with Crippen LogP contribution < -0.4 is 5.32 Å². The van der Waals surface area contributed by atoms with Crippen LogP contribution in [0.2, 0.25) is 0 Å². The lowest BCUT2D eigenvalue weighted by molar-refractivity contribution is -0.131. The van der Waals surface area contributed by atoms with Gasteiger partial charge in [-0.25, -0.2) is 0 Å². The Morgan fingerprint density at radius 1 is 1.33 bits per heavy atom. The minimum Gasteiger partial charge on any atom is -0.351 e. The van der Waals surface area contributed by atoms with Gasteiger partial charge in [0, 0.05) is 6.54 Å². The first-order valence-corrected chi connectivity index (χ1v) is 4.01. The number of nitrogens with one attached hydrogen (secondary N) is 1. The van der Waals surface area contributed by atoms with Crippen molar-refractivity contribution in [2.24, 2.45) is 11.8 Å². The Morgan fingerprint density at radius 2 is 1.83 bits per heavy atom. The summed E-state index contributed by atoms with van der Waals surface area (Å²) in [7, 11) is 0. The van der Waals surface area contributed by atoms with Crippen molar-refractivity contribution < 1.29 is 13.6 Å². The Morgan fingerprint density at radius 3 is 2.17 bits per heavy atom. The molecule has 0 spiro atoms. The van der Waals surface area contributed by atoms with E-state index in [4.69, 9.17) is 0 Å². The molecule has 0 radical (unpaired) electrons. The zero-order valence-electron chi connectivity index (χ0n) is 7.60. The smallest absolute Gasteiger partial charge is 0.315 e. The SMILES string of the molecule is CC(C)C(C)CNC(=O)C(F)F. The molecule has 0 saturated heterocycles. The molecule has 1 amide bonds. The molecule has 0 aliphatic carbocycles. The molecule has 0 bridgehead atoms. The summed E-state index contributed by atoms with van der Waals surface area (Å²) in [5.74, 6) is -0.557. The third-order valence-corrected chi connectivity index (χ3v) is 1.93. The highest BCUT2D eigenvalue weighted by Gasteiger charge is 2.16. The Balaban J connectivity index is 3.61. The fourth-order valence-corrected chi connectivity index (χ4v) is 0.574. The molecular weight excluding hydrogens is 164 g/mol. The van der Waals surface area contributed by atoms with Gasteiger partial charge < -0.3 is 5.32 Å². The number of hydrogen-bond donors (Lipinski definition) is 1. The van der Waals surface area contributed by atoms with Gasteiger partial charge >= 0.3 is 6.43 Å². The molecule has 4 heteroatoms. The van der Waals surface area contributed by atoms with Crippen LogP contribution in [0.4, 0.5) is 8.78 Å². The molecule has 0 rings (SSSR count). The van der Waals surface area contributed by atoms with Crippen LogP contribution in [0.5, 0.6) is 0 Å². The van der Waals surface area contributed by atoms with E-state index < -0.39 is 12.3 Å². The lowest BCUT2D eigenvalue weighted by Crippen LogP contribution is -2.34. The van der Waals surface area contributed by atoms with E-state index in [-0.39, 0.29) is 5.92 Å². The summed E-state index contributed by atoms with van der Waals surface area (Å²) in [6.07, 6.45) is -2.90. The number of alkyl halides is 2. The van der Waals surface area contributed by atoms with Gasteiger partial charge in [-0.15, -0.1) is 0 Å². The van der Waals surface area contributed by atoms with Gasteiger partial charge in [-0.1, -0.05) is 20.8 Å². The molecule has 0 fully saturated rings. The molecule has 12 heavy (non-hydrogen) atoms. The number of hydrogen-bond acceptors (Lipinski definition) is 1. The summed E-state index contributed by atoms with van der Waals surface area (Å²) in [6.45, 7) is 6.20. The summed E-state index contributed by atoms with van der Waals surface area (Å²) in [6, 6.07) is 0. The fraction of sp³-hybridized carbons (Fsp3) is 0.875. The highest BCUT2D eigenvalue weighted by Crippen LogP contribution is 2.07. The fourth-order valence-electron chi connectivity index (χ4n) is 0.574. The van der Waals surface area contributed by atoms with Gasteiger partial charge in [0.25, 0.3) is 5.91 Å². The van der Waals surface area contributed by atoms with Crippen molar-refractivity contribution in [3.8, 4) is 0 Å². The Hall–Kier alpha value is -0.670. The minimum atomic E-state index is -2.90. The highest BCUT2D eigenvalue weighted by atomic mass is 19.3. The molecular formula is C8H15F2NO. The van der Waals surface area contributed by atoms with E-state index in [1.54, 1.807) is 0 Å². The maximum atomic E-state index is 11.7. The predicted octanol–water partition coefficient (Wildman–Crippen LogP) is 1.66. The average molecular weight is 179 g/mol. The normalized spacial score (nSPS) is 13.6. The van der Waals surface area contributed by atoms with Crippen LogP contribution in [0.1, 0.15) is 20.8 Å². The van der Waals surface area contributed by atoms with Gasteiger partial charge in [0.2, 0.25) is 0 Å². The van der Waals surface area contributed by atoms with E-state index in [0.717, 1.165) is 0 Å². The van der Waals surface area contributed by atoms with Crippen molar-refractivity contribution >= 4 is 5.91 Å². The first-order valence-electron chi connectivity index (χ1n) is 4.01. The van der Waals surface area contributed by atoms with Crippen molar-refractivity contribution in [2.45, 2.75) is 27.2 Å². The Labute approximate surface area is 71.3 Å². The molecule has 0 heterocycles. The lowest BCUT2D eigenvalue weighted by Gasteiger charge is -2.15. The van der Waals surface area contributed by atoms with Crippen molar-refractivity contribution in [1.29, 1.82) is 0 Å². The number of halogens is 2. The van der Waals surface area contributed by atoms with Gasteiger partial charge in [-0.3, -0.25) is 4.79 Å². The summed E-state index contributed by atoms with van der Waals surface area (Å²) in [5, 5.41) is 2.17. The van der Waals surface area contributed by atoms with Crippen molar-refractivity contribution in [3.05, 3.63) is 0 Å². The molecule has 1 unspecified atom stereocenters. The van der Waals surface area contributed by atoms with E-state index in [2.05, 4.69) is 5.32 Å². The van der Waals surface area contributed by atoms with Gasteiger partial charge in [0.15, 0.2) is 0 Å². The second kappa shape index (κ2) is 5.06. The van der Waals surface area contributed by atoms with E-state index in [9.17, 15) is 13.6 Å². The average Bonchev–Trinajstić information content (AvgIpc) is 1.98. The van der Waals surface area contributed by atoms with E-state index in [1.165, 1.54) is 0 Å². The highest BCUT2D eigenvalue weighted by molar-refractivity contribution is 5.78. The second-order valence-electron chi connectivity index (χ2n) is 3.27. The van der Waals surface area contributed by atoms with E-state index in [1.807, 2.05) is 20.8 Å². The minimum absolute atomic E-state index is 0.229. The van der Waals surface area contributed by atoms with Crippen LogP contribution >= 0.6 is 0 Å². The van der Waals surface area contributed by atoms with Crippen molar-refractivity contribution in [2.75, 3.05) is 6.54 Å². The molecule has 0 aliphatic heterocycles. The van der Waals surface area contributed by atoms with E-state index in [0.29, 0.717) is 12.5 Å². The standard InChI is InChI=1S/C8H15F2NO/c1-5(2)6(3)4-11-8(12)7(9)10/h5-7H,4H2,1-3H3,(H,11,12). The van der Waals surface area contributed by atoms with Gasteiger partial charge in [-0.2, -0.15) is 8.78 Å². The summed E-state index contributed by atoms with van der Waals surface area (Å²) in [4.78, 5) is 10.4. The predicted molar refractivity (Wildman–Crippen MR) is 43.0 cm³/mol. The third-order valence-electron chi connectivity index (χ3n) is 1.93. The van der Waals surface area contributed by atoms with Crippen LogP contribution in [0.3, 0.4) is 0 Å². The van der Waals surface area contributed by atoms with Crippen molar-refractivity contribution in [1.82, 2.24) is 5.32 Å². The van der Waals surface area contributed by atoms with Crippen LogP contribution in [0.15, 0.2) is 0 Å². The molecule has 0 aromatic carbocycles. The first kappa shape index (κ1) is 11.3. The molecule has 2 nitrogen and oxygen atoms in total. The second-order valence-corrected chi connectivity index (χ2v) is 3.27. The molecule has 0 aromatic rings. The third kappa shape index (κ3) is 4.26. The molecule has 0 saturated carbocycles. The number of rotatable bonds is 4. The van der Waals surface area contributed by atoms with Crippen LogP contribution in [-0.4, -0.2) is 18.9 Å². The largest absolute Gasteiger partial charge is 0.351 e. The molecule has 72 valence electrons. The number of carbonyl (C=O) groups is 1. The zero-order valence-corrected chi connectivity index (χ0v) is 7.60. The zero-order chi connectivity index (χ0) is 9.72. The molecule has 1 N–H and O–H groups in total. The lowest BCUT2D eigenvalue weighted by atomic mass is 9.98. The molecule has 0 aliphatic rings. The summed E-state index contributed by atoms with van der Waals surface area (Å²) in [5.41, 5.74) is 0. The number of amides is 1. The summed E-state index contributed by atoms with van der Waals surface area (Å²) < 4.78 is 23.3. The quantitative estimate of drug-likeness (QED) is 0.698. The van der Waals surface area contributed by atoms with E-state index >= 15 is 0 Å². The maximum Gasteiger partial charge on any atom is 0.315 e. The topological polar surface area (TPSA) is 29.1 Å². The van der Waals surface area contributed by atoms with Gasteiger partial charge in [0.1, 0.15) is 0 Å². The first-order chi connectivity index (χ1) is 5.45. The van der Waals surface area contributed by atoms with Crippen LogP contribution in [-0.2, 0) is 4.79 Å². The molecule has 1 atom stereocenters. The van der Waals surface area contributed by atoms with Crippen LogP contribution in [0.25, 0.3) is 0 Å². The maximum absolute atomic E-state index is 11.7.